The molecule has 0 saturated carbocycles. The summed E-state index contributed by atoms with van der Waals surface area (Å²) >= 11 is 5.70. The third kappa shape index (κ3) is 5.01. The molecule has 1 fully saturated rings. The first-order valence-corrected chi connectivity index (χ1v) is 10.8. The monoisotopic (exact) mass is 425 g/mol. The molecule has 1 heterocycles. The number of amides is 1. The van der Waals surface area contributed by atoms with Crippen molar-refractivity contribution in [2.75, 3.05) is 30.3 Å². The lowest BCUT2D eigenvalue weighted by atomic mass is 10.2. The van der Waals surface area contributed by atoms with Gasteiger partial charge in [-0.2, -0.15) is 4.31 Å². The Labute approximate surface area is 168 Å². The number of carbonyl (C=O) groups excluding carboxylic acids is 1. The second-order valence-corrected chi connectivity index (χ2v) is 8.86. The van der Waals surface area contributed by atoms with Gasteiger partial charge in [-0.05, 0) is 55.3 Å². The van der Waals surface area contributed by atoms with Crippen LogP contribution in [0, 0.1) is 5.82 Å². The van der Waals surface area contributed by atoms with Crippen molar-refractivity contribution >= 4 is 38.9 Å². The molecule has 9 heteroatoms. The summed E-state index contributed by atoms with van der Waals surface area (Å²) in [5.41, 5.74) is 1.01. The van der Waals surface area contributed by atoms with Crippen molar-refractivity contribution in [2.24, 2.45) is 0 Å². The molecule has 0 spiro atoms. The van der Waals surface area contributed by atoms with E-state index in [1.165, 1.54) is 34.6 Å². The predicted octanol–water partition coefficient (Wildman–Crippen LogP) is 3.70. The fourth-order valence-electron chi connectivity index (χ4n) is 2.96. The number of hydrogen-bond acceptors (Lipinski definition) is 4. The fraction of sp³-hybridized carbons (Fsp3) is 0.316. The lowest BCUT2D eigenvalue weighted by Crippen LogP contribution is -2.35. The minimum atomic E-state index is -3.50. The third-order valence-corrected chi connectivity index (χ3v) is 6.67. The van der Waals surface area contributed by atoms with E-state index in [1.807, 2.05) is 0 Å². The largest absolute Gasteiger partial charge is 0.376 e. The van der Waals surface area contributed by atoms with Gasteiger partial charge in [-0.1, -0.05) is 18.0 Å². The van der Waals surface area contributed by atoms with Crippen LogP contribution in [0.15, 0.2) is 47.4 Å². The smallest absolute Gasteiger partial charge is 0.243 e. The summed E-state index contributed by atoms with van der Waals surface area (Å²) in [6.45, 7) is 1.04. The van der Waals surface area contributed by atoms with Gasteiger partial charge in [0.1, 0.15) is 5.82 Å². The van der Waals surface area contributed by atoms with Gasteiger partial charge in [-0.3, -0.25) is 4.79 Å². The lowest BCUT2D eigenvalue weighted by molar-refractivity contribution is -0.114. The maximum atomic E-state index is 13.1. The van der Waals surface area contributed by atoms with Gasteiger partial charge in [-0.25, -0.2) is 12.8 Å². The molecule has 6 nitrogen and oxygen atoms in total. The third-order valence-electron chi connectivity index (χ3n) is 4.46. The van der Waals surface area contributed by atoms with Crippen molar-refractivity contribution in [3.8, 4) is 0 Å². The Morgan fingerprint density at radius 3 is 2.32 bits per heavy atom. The second-order valence-electron chi connectivity index (χ2n) is 6.52. The van der Waals surface area contributed by atoms with Crippen molar-refractivity contribution < 1.29 is 17.6 Å². The van der Waals surface area contributed by atoms with Crippen LogP contribution in [0.3, 0.4) is 0 Å². The normalized spacial score (nSPS) is 15.2. The molecule has 0 aliphatic carbocycles. The van der Waals surface area contributed by atoms with Crippen molar-refractivity contribution in [2.45, 2.75) is 24.2 Å². The number of hydrogen-bond donors (Lipinski definition) is 2. The van der Waals surface area contributed by atoms with Crippen LogP contribution in [0.25, 0.3) is 0 Å². The second kappa shape index (κ2) is 8.89. The summed E-state index contributed by atoms with van der Waals surface area (Å²) < 4.78 is 39.9. The standard InChI is InChI=1S/C19H21ClFN3O3S/c20-17-12-15(6-9-18(17)21)22-13-19(25)23-14-4-7-16(8-5-14)28(26,27)24-10-2-1-3-11-24/h4-9,12,22H,1-3,10-11,13H2,(H,23,25). The maximum absolute atomic E-state index is 13.1. The van der Waals surface area contributed by atoms with E-state index in [9.17, 15) is 17.6 Å². The number of rotatable bonds is 6. The summed E-state index contributed by atoms with van der Waals surface area (Å²) in [5.74, 6) is -0.858. The van der Waals surface area contributed by atoms with E-state index in [-0.39, 0.29) is 22.4 Å². The SMILES string of the molecule is O=C(CNc1ccc(F)c(Cl)c1)Nc1ccc(S(=O)(=O)N2CCCCC2)cc1. The van der Waals surface area contributed by atoms with Gasteiger partial charge < -0.3 is 10.6 Å². The quantitative estimate of drug-likeness (QED) is 0.739. The van der Waals surface area contributed by atoms with Crippen molar-refractivity contribution in [1.29, 1.82) is 0 Å². The average molecular weight is 426 g/mol. The van der Waals surface area contributed by atoms with Crippen LogP contribution in [0.1, 0.15) is 19.3 Å². The van der Waals surface area contributed by atoms with E-state index in [0.717, 1.165) is 19.3 Å². The summed E-state index contributed by atoms with van der Waals surface area (Å²) in [6.07, 6.45) is 2.80. The van der Waals surface area contributed by atoms with E-state index in [4.69, 9.17) is 11.6 Å². The predicted molar refractivity (Wildman–Crippen MR) is 108 cm³/mol. The highest BCUT2D eigenvalue weighted by molar-refractivity contribution is 7.89. The van der Waals surface area contributed by atoms with E-state index in [2.05, 4.69) is 10.6 Å². The van der Waals surface area contributed by atoms with Gasteiger partial charge in [0.2, 0.25) is 15.9 Å². The number of sulfonamides is 1. The first-order chi connectivity index (χ1) is 13.4. The van der Waals surface area contributed by atoms with Gasteiger partial charge in [0.25, 0.3) is 0 Å². The van der Waals surface area contributed by atoms with Crippen LogP contribution in [0.5, 0.6) is 0 Å². The number of benzene rings is 2. The molecule has 1 aliphatic rings. The Kier molecular flexibility index (Phi) is 6.53. The van der Waals surface area contributed by atoms with Crippen molar-refractivity contribution in [1.82, 2.24) is 4.31 Å². The summed E-state index contributed by atoms with van der Waals surface area (Å²) in [6, 6.07) is 10.2. The van der Waals surface area contributed by atoms with Crippen molar-refractivity contribution in [3.63, 3.8) is 0 Å². The van der Waals surface area contributed by atoms with Crippen LogP contribution >= 0.6 is 11.6 Å². The van der Waals surface area contributed by atoms with Gasteiger partial charge in [0.05, 0.1) is 16.5 Å². The van der Waals surface area contributed by atoms with E-state index < -0.39 is 15.8 Å². The molecule has 2 aromatic carbocycles. The Morgan fingerprint density at radius 2 is 1.68 bits per heavy atom. The highest BCUT2D eigenvalue weighted by atomic mass is 35.5. The van der Waals surface area contributed by atoms with Gasteiger partial charge in [0.15, 0.2) is 0 Å². The Morgan fingerprint density at radius 1 is 1.04 bits per heavy atom. The molecule has 0 aromatic heterocycles. The Balaban J connectivity index is 1.57. The minimum absolute atomic E-state index is 0.0316. The van der Waals surface area contributed by atoms with Gasteiger partial charge in [0, 0.05) is 24.5 Å². The fourth-order valence-corrected chi connectivity index (χ4v) is 4.66. The molecular weight excluding hydrogens is 405 g/mol. The zero-order valence-electron chi connectivity index (χ0n) is 15.1. The molecule has 2 aromatic rings. The van der Waals surface area contributed by atoms with Gasteiger partial charge >= 0.3 is 0 Å². The van der Waals surface area contributed by atoms with Crippen molar-refractivity contribution in [3.05, 3.63) is 53.3 Å². The molecule has 0 unspecified atom stereocenters. The number of nitrogens with one attached hydrogen (secondary N) is 2. The average Bonchev–Trinajstić information content (AvgIpc) is 2.70. The highest BCUT2D eigenvalue weighted by Gasteiger charge is 2.25. The molecule has 1 saturated heterocycles. The maximum Gasteiger partial charge on any atom is 0.243 e. The van der Waals surface area contributed by atoms with Crippen LogP contribution in [-0.2, 0) is 14.8 Å². The Bertz CT molecular complexity index is 945. The number of carbonyl (C=O) groups is 1. The first kappa shape index (κ1) is 20.6. The molecule has 1 amide bonds. The molecule has 0 radical (unpaired) electrons. The molecule has 1 aliphatic heterocycles. The molecule has 2 N–H and O–H groups in total. The molecule has 150 valence electrons. The molecule has 28 heavy (non-hydrogen) atoms. The zero-order chi connectivity index (χ0) is 20.1. The minimum Gasteiger partial charge on any atom is -0.376 e. The summed E-state index contributed by atoms with van der Waals surface area (Å²) in [4.78, 5) is 12.3. The number of anilines is 2. The van der Waals surface area contributed by atoms with E-state index in [1.54, 1.807) is 12.1 Å². The van der Waals surface area contributed by atoms with Crippen LogP contribution in [-0.4, -0.2) is 38.3 Å². The topological polar surface area (TPSA) is 78.5 Å². The number of halogens is 2. The van der Waals surface area contributed by atoms with E-state index >= 15 is 0 Å². The van der Waals surface area contributed by atoms with Crippen LogP contribution in [0.4, 0.5) is 15.8 Å². The molecule has 0 atom stereocenters. The van der Waals surface area contributed by atoms with Crippen LogP contribution in [0.2, 0.25) is 5.02 Å². The van der Waals surface area contributed by atoms with E-state index in [0.29, 0.717) is 24.5 Å². The first-order valence-electron chi connectivity index (χ1n) is 8.95. The summed E-state index contributed by atoms with van der Waals surface area (Å²) in [5, 5.41) is 5.49. The summed E-state index contributed by atoms with van der Waals surface area (Å²) in [7, 11) is -3.50. The molecular formula is C19H21ClFN3O3S. The molecule has 3 rings (SSSR count). The number of piperidine rings is 1. The molecule has 0 bridgehead atoms. The Hall–Kier alpha value is -2.16. The van der Waals surface area contributed by atoms with Gasteiger partial charge in [-0.15, -0.1) is 0 Å². The number of nitrogens with zero attached hydrogens (tertiary/aromatic N) is 1. The highest BCUT2D eigenvalue weighted by Crippen LogP contribution is 2.22. The lowest BCUT2D eigenvalue weighted by Gasteiger charge is -2.25. The van der Waals surface area contributed by atoms with Crippen LogP contribution < -0.4 is 10.6 Å². The zero-order valence-corrected chi connectivity index (χ0v) is 16.7.